The van der Waals surface area contributed by atoms with E-state index in [2.05, 4.69) is 15.5 Å². The first kappa shape index (κ1) is 14.9. The summed E-state index contributed by atoms with van der Waals surface area (Å²) in [5, 5.41) is 18.0. The zero-order valence-corrected chi connectivity index (χ0v) is 11.8. The van der Waals surface area contributed by atoms with Gasteiger partial charge in [0, 0.05) is 30.5 Å². The van der Waals surface area contributed by atoms with E-state index in [1.54, 1.807) is 0 Å². The molecule has 112 valence electrons. The highest BCUT2D eigenvalue weighted by molar-refractivity contribution is 6.03. The summed E-state index contributed by atoms with van der Waals surface area (Å²) in [5.74, 6) is -0.0206. The van der Waals surface area contributed by atoms with E-state index < -0.39 is 0 Å². The minimum atomic E-state index is -0.297. The second-order valence-corrected chi connectivity index (χ2v) is 4.51. The van der Waals surface area contributed by atoms with Crippen LogP contribution in [0.1, 0.15) is 17.4 Å². The molecule has 7 heteroatoms. The van der Waals surface area contributed by atoms with Gasteiger partial charge in [0.25, 0.3) is 5.91 Å². The van der Waals surface area contributed by atoms with Crippen molar-refractivity contribution in [2.75, 3.05) is 35.6 Å². The first-order chi connectivity index (χ1) is 10.1. The van der Waals surface area contributed by atoms with E-state index in [4.69, 9.17) is 10.8 Å². The van der Waals surface area contributed by atoms with Crippen LogP contribution in [0, 0.1) is 0 Å². The Morgan fingerprint density at radius 2 is 2.14 bits per heavy atom. The molecule has 2 aromatic rings. The van der Waals surface area contributed by atoms with Gasteiger partial charge in [-0.2, -0.15) is 5.10 Å². The number of hydrogen-bond acceptors (Lipinski definition) is 5. The number of aliphatic hydroxyl groups excluding tert-OH is 1. The Bertz CT molecular complexity index is 594. The number of nitrogens with zero attached hydrogens (tertiary/aromatic N) is 2. The first-order valence-corrected chi connectivity index (χ1v) is 6.72. The zero-order valence-electron chi connectivity index (χ0n) is 11.8. The van der Waals surface area contributed by atoms with Crippen LogP contribution in [0.3, 0.4) is 0 Å². The van der Waals surface area contributed by atoms with E-state index in [1.165, 1.54) is 6.07 Å². The van der Waals surface area contributed by atoms with Gasteiger partial charge in [-0.15, -0.1) is 0 Å². The minimum absolute atomic E-state index is 0.105. The number of aliphatic hydroxyl groups is 1. The molecule has 0 unspecified atom stereocenters. The van der Waals surface area contributed by atoms with Crippen LogP contribution in [0.25, 0.3) is 0 Å². The minimum Gasteiger partial charge on any atom is -0.395 e. The number of nitrogens with two attached hydrogens (primary N) is 1. The maximum atomic E-state index is 11.9. The van der Waals surface area contributed by atoms with Crippen molar-refractivity contribution in [3.8, 4) is 0 Å². The number of carbonyl (C=O) groups excluding carboxylic acids is 1. The summed E-state index contributed by atoms with van der Waals surface area (Å²) in [6.07, 6.45) is 0. The van der Waals surface area contributed by atoms with Gasteiger partial charge in [-0.25, -0.2) is 0 Å². The average molecular weight is 289 g/mol. The Morgan fingerprint density at radius 1 is 1.43 bits per heavy atom. The summed E-state index contributed by atoms with van der Waals surface area (Å²) in [5.41, 5.74) is 7.44. The number of amides is 1. The number of likely N-dealkylation sites (N-methyl/N-ethyl adjacent to an activating group) is 1. The Balaban J connectivity index is 2.03. The van der Waals surface area contributed by atoms with Gasteiger partial charge in [-0.3, -0.25) is 9.89 Å². The molecule has 1 aromatic carbocycles. The van der Waals surface area contributed by atoms with Crippen molar-refractivity contribution in [2.45, 2.75) is 6.92 Å². The van der Waals surface area contributed by atoms with Gasteiger partial charge in [0.2, 0.25) is 0 Å². The number of rotatable bonds is 6. The third-order valence-electron chi connectivity index (χ3n) is 3.08. The fourth-order valence-electron chi connectivity index (χ4n) is 2.00. The molecule has 0 saturated carbocycles. The van der Waals surface area contributed by atoms with Gasteiger partial charge in [0.15, 0.2) is 0 Å². The monoisotopic (exact) mass is 289 g/mol. The topological polar surface area (TPSA) is 107 Å². The van der Waals surface area contributed by atoms with Crippen LogP contribution in [0.15, 0.2) is 30.3 Å². The molecule has 0 bridgehead atoms. The maximum absolute atomic E-state index is 11.9. The van der Waals surface area contributed by atoms with E-state index >= 15 is 0 Å². The Labute approximate surface area is 122 Å². The summed E-state index contributed by atoms with van der Waals surface area (Å²) in [7, 11) is 0. The number of benzene rings is 1. The lowest BCUT2D eigenvalue weighted by Gasteiger charge is -2.22. The third-order valence-corrected chi connectivity index (χ3v) is 3.08. The molecule has 0 aliphatic rings. The van der Waals surface area contributed by atoms with Crippen LogP contribution in [-0.2, 0) is 0 Å². The summed E-state index contributed by atoms with van der Waals surface area (Å²) in [4.78, 5) is 14.0. The van der Waals surface area contributed by atoms with Crippen LogP contribution in [0.5, 0.6) is 0 Å². The average Bonchev–Trinajstić information content (AvgIpc) is 2.92. The number of aromatic amines is 1. The highest BCUT2D eigenvalue weighted by Gasteiger charge is 2.09. The fraction of sp³-hybridized carbons (Fsp3) is 0.286. The number of hydrogen-bond donors (Lipinski definition) is 4. The summed E-state index contributed by atoms with van der Waals surface area (Å²) >= 11 is 0. The van der Waals surface area contributed by atoms with Gasteiger partial charge in [0.1, 0.15) is 11.5 Å². The number of nitrogens with one attached hydrogen (secondary N) is 2. The van der Waals surface area contributed by atoms with Crippen molar-refractivity contribution in [1.82, 2.24) is 10.2 Å². The molecule has 0 aliphatic heterocycles. The zero-order chi connectivity index (χ0) is 15.2. The largest absolute Gasteiger partial charge is 0.395 e. The standard InChI is InChI=1S/C14H19N5O2/c1-2-19(7-8-20)11-5-3-10(4-6-11)16-14(21)12-9-13(15)18-17-12/h3-6,9,20H,2,7-8H2,1H3,(H,16,21)(H3,15,17,18). The molecular formula is C14H19N5O2. The van der Waals surface area contributed by atoms with Gasteiger partial charge >= 0.3 is 0 Å². The van der Waals surface area contributed by atoms with Crippen LogP contribution >= 0.6 is 0 Å². The number of carbonyl (C=O) groups is 1. The molecule has 7 nitrogen and oxygen atoms in total. The van der Waals surface area contributed by atoms with Gasteiger partial charge in [0.05, 0.1) is 6.61 Å². The second-order valence-electron chi connectivity index (χ2n) is 4.51. The van der Waals surface area contributed by atoms with Crippen molar-refractivity contribution >= 4 is 23.1 Å². The molecule has 0 atom stereocenters. The fourth-order valence-corrected chi connectivity index (χ4v) is 2.00. The van der Waals surface area contributed by atoms with Crippen molar-refractivity contribution in [1.29, 1.82) is 0 Å². The molecule has 0 aliphatic carbocycles. The normalized spacial score (nSPS) is 10.4. The van der Waals surface area contributed by atoms with E-state index in [0.29, 0.717) is 17.9 Å². The summed E-state index contributed by atoms with van der Waals surface area (Å²) in [6, 6.07) is 8.90. The van der Waals surface area contributed by atoms with E-state index in [9.17, 15) is 4.79 Å². The molecule has 1 aromatic heterocycles. The second kappa shape index (κ2) is 6.76. The molecule has 0 fully saturated rings. The third kappa shape index (κ3) is 3.73. The number of anilines is 3. The van der Waals surface area contributed by atoms with Gasteiger partial charge in [-0.1, -0.05) is 0 Å². The van der Waals surface area contributed by atoms with Crippen LogP contribution in [0.2, 0.25) is 0 Å². The first-order valence-electron chi connectivity index (χ1n) is 6.72. The predicted molar refractivity (Wildman–Crippen MR) is 82.4 cm³/mol. The maximum Gasteiger partial charge on any atom is 0.273 e. The van der Waals surface area contributed by atoms with E-state index in [1.807, 2.05) is 36.1 Å². The Morgan fingerprint density at radius 3 is 2.67 bits per heavy atom. The van der Waals surface area contributed by atoms with Crippen LogP contribution in [-0.4, -0.2) is 40.9 Å². The predicted octanol–water partition coefficient (Wildman–Crippen LogP) is 1.06. The Hall–Kier alpha value is -2.54. The SMILES string of the molecule is CCN(CCO)c1ccc(NC(=O)c2cc(N)n[nH]2)cc1. The smallest absolute Gasteiger partial charge is 0.273 e. The number of nitrogen functional groups attached to an aromatic ring is 1. The number of H-pyrrole nitrogens is 1. The van der Waals surface area contributed by atoms with Gasteiger partial charge < -0.3 is 21.1 Å². The molecular weight excluding hydrogens is 270 g/mol. The molecule has 1 amide bonds. The van der Waals surface area contributed by atoms with Crippen LogP contribution < -0.4 is 16.0 Å². The molecule has 1 heterocycles. The molecule has 0 radical (unpaired) electrons. The molecule has 0 saturated heterocycles. The lowest BCUT2D eigenvalue weighted by molar-refractivity contribution is 0.102. The highest BCUT2D eigenvalue weighted by Crippen LogP contribution is 2.18. The lowest BCUT2D eigenvalue weighted by atomic mass is 10.2. The summed E-state index contributed by atoms with van der Waals surface area (Å²) < 4.78 is 0. The van der Waals surface area contributed by atoms with E-state index in [0.717, 1.165) is 12.2 Å². The Kier molecular flexibility index (Phi) is 4.78. The van der Waals surface area contributed by atoms with Crippen molar-refractivity contribution in [2.24, 2.45) is 0 Å². The van der Waals surface area contributed by atoms with Crippen molar-refractivity contribution in [3.63, 3.8) is 0 Å². The lowest BCUT2D eigenvalue weighted by Crippen LogP contribution is -2.26. The van der Waals surface area contributed by atoms with Crippen molar-refractivity contribution in [3.05, 3.63) is 36.0 Å². The molecule has 2 rings (SSSR count). The quantitative estimate of drug-likeness (QED) is 0.636. The van der Waals surface area contributed by atoms with Crippen LogP contribution in [0.4, 0.5) is 17.2 Å². The summed E-state index contributed by atoms with van der Waals surface area (Å²) in [6.45, 7) is 3.51. The van der Waals surface area contributed by atoms with Gasteiger partial charge in [-0.05, 0) is 31.2 Å². The molecule has 5 N–H and O–H groups in total. The highest BCUT2D eigenvalue weighted by atomic mass is 16.3. The van der Waals surface area contributed by atoms with Crippen molar-refractivity contribution < 1.29 is 9.90 Å². The van der Waals surface area contributed by atoms with E-state index in [-0.39, 0.29) is 18.3 Å². The molecule has 0 spiro atoms. The number of aromatic nitrogens is 2. The molecule has 21 heavy (non-hydrogen) atoms.